The Morgan fingerprint density at radius 2 is 2.03 bits per heavy atom. The first kappa shape index (κ1) is 17.9. The number of amides is 1. The van der Waals surface area contributed by atoms with Crippen molar-refractivity contribution in [2.45, 2.75) is 32.4 Å². The highest BCUT2D eigenvalue weighted by molar-refractivity contribution is 7.16. The Kier molecular flexibility index (Phi) is 4.16. The first-order chi connectivity index (χ1) is 14.0. The van der Waals surface area contributed by atoms with Crippen LogP contribution in [0.5, 0.6) is 0 Å². The van der Waals surface area contributed by atoms with Gasteiger partial charge in [-0.3, -0.25) is 14.9 Å². The number of fused-ring (bicyclic) bond motifs is 3. The van der Waals surface area contributed by atoms with Crippen molar-refractivity contribution in [2.24, 2.45) is 5.92 Å². The standard InChI is InChI=1S/C21H19N3O4S/c1-11-6-7-13-17(10-11)29-21-18(13)20(25)22-19(23-21)16-9-8-15(28-16)12-4-2-3-5-14(12)24(26)27/h2-5,8-9,11,19,23H,6-7,10H2,1H3,(H,22,25)/t11-,19-/m1/s1. The Bertz CT molecular complexity index is 1130. The Balaban J connectivity index is 1.46. The van der Waals surface area contributed by atoms with Gasteiger partial charge < -0.3 is 15.1 Å². The zero-order valence-corrected chi connectivity index (χ0v) is 16.5. The number of thiophene rings is 1. The average Bonchev–Trinajstić information content (AvgIpc) is 3.32. The summed E-state index contributed by atoms with van der Waals surface area (Å²) < 4.78 is 5.91. The van der Waals surface area contributed by atoms with Gasteiger partial charge in [0.1, 0.15) is 16.5 Å². The van der Waals surface area contributed by atoms with E-state index in [1.807, 2.05) is 0 Å². The number of para-hydroxylation sites is 1. The zero-order chi connectivity index (χ0) is 20.1. The normalized spacial score (nSPS) is 20.4. The van der Waals surface area contributed by atoms with E-state index >= 15 is 0 Å². The van der Waals surface area contributed by atoms with Crippen LogP contribution in [0.3, 0.4) is 0 Å². The van der Waals surface area contributed by atoms with Gasteiger partial charge in [-0.2, -0.15) is 0 Å². The number of nitrogens with one attached hydrogen (secondary N) is 2. The molecule has 0 unspecified atom stereocenters. The number of nitro groups is 1. The van der Waals surface area contributed by atoms with Gasteiger partial charge >= 0.3 is 0 Å². The minimum atomic E-state index is -0.510. The molecular weight excluding hydrogens is 390 g/mol. The molecule has 7 nitrogen and oxygen atoms in total. The van der Waals surface area contributed by atoms with Crippen LogP contribution < -0.4 is 10.6 Å². The highest BCUT2D eigenvalue weighted by Gasteiger charge is 2.34. The third-order valence-corrected chi connectivity index (χ3v) is 6.75. The number of nitrogens with zero attached hydrogens (tertiary/aromatic N) is 1. The molecule has 0 fully saturated rings. The van der Waals surface area contributed by atoms with E-state index in [-0.39, 0.29) is 11.6 Å². The van der Waals surface area contributed by atoms with Crippen LogP contribution in [-0.4, -0.2) is 10.8 Å². The lowest BCUT2D eigenvalue weighted by Gasteiger charge is -2.25. The van der Waals surface area contributed by atoms with Crippen molar-refractivity contribution in [2.75, 3.05) is 5.32 Å². The lowest BCUT2D eigenvalue weighted by molar-refractivity contribution is -0.384. The number of benzene rings is 1. The van der Waals surface area contributed by atoms with Gasteiger partial charge in [0.05, 0.1) is 16.1 Å². The molecule has 148 valence electrons. The fourth-order valence-corrected chi connectivity index (χ4v) is 5.54. The molecule has 2 N–H and O–H groups in total. The summed E-state index contributed by atoms with van der Waals surface area (Å²) in [7, 11) is 0. The summed E-state index contributed by atoms with van der Waals surface area (Å²) in [6, 6.07) is 9.89. The van der Waals surface area contributed by atoms with E-state index in [4.69, 9.17) is 4.42 Å². The molecule has 0 saturated carbocycles. The summed E-state index contributed by atoms with van der Waals surface area (Å²) in [5, 5.41) is 18.5. The smallest absolute Gasteiger partial charge is 0.280 e. The maximum absolute atomic E-state index is 12.8. The van der Waals surface area contributed by atoms with Gasteiger partial charge in [-0.05, 0) is 48.9 Å². The average molecular weight is 409 g/mol. The van der Waals surface area contributed by atoms with Gasteiger partial charge in [0.25, 0.3) is 11.6 Å². The monoisotopic (exact) mass is 409 g/mol. The van der Waals surface area contributed by atoms with Crippen LogP contribution in [0.4, 0.5) is 10.7 Å². The van der Waals surface area contributed by atoms with Crippen LogP contribution >= 0.6 is 11.3 Å². The summed E-state index contributed by atoms with van der Waals surface area (Å²) in [6.07, 6.45) is 2.54. The number of anilines is 1. The van der Waals surface area contributed by atoms with Crippen molar-refractivity contribution in [1.82, 2.24) is 5.32 Å². The van der Waals surface area contributed by atoms with Crippen LogP contribution in [-0.2, 0) is 12.8 Å². The molecule has 5 rings (SSSR count). The number of nitro benzene ring substituents is 1. The number of hydrogen-bond acceptors (Lipinski definition) is 6. The van der Waals surface area contributed by atoms with Crippen molar-refractivity contribution in [3.8, 4) is 11.3 Å². The molecule has 3 heterocycles. The fourth-order valence-electron chi connectivity index (χ4n) is 4.10. The highest BCUT2D eigenvalue weighted by atomic mass is 32.1. The molecule has 1 aliphatic heterocycles. The van der Waals surface area contributed by atoms with Crippen LogP contribution in [0.15, 0.2) is 40.8 Å². The minimum Gasteiger partial charge on any atom is -0.457 e. The molecule has 0 bridgehead atoms. The molecule has 29 heavy (non-hydrogen) atoms. The SMILES string of the molecule is C[C@@H]1CCc2c(sc3c2C(=O)N[C@@H](c2ccc(-c4ccccc4[N+](=O)[O-])o2)N3)C1. The summed E-state index contributed by atoms with van der Waals surface area (Å²) in [5.74, 6) is 1.44. The molecule has 8 heteroatoms. The molecular formula is C21H19N3O4S. The zero-order valence-electron chi connectivity index (χ0n) is 15.7. The molecule has 2 aliphatic rings. The van der Waals surface area contributed by atoms with Gasteiger partial charge in [-0.25, -0.2) is 0 Å². The summed E-state index contributed by atoms with van der Waals surface area (Å²) in [6.45, 7) is 2.24. The van der Waals surface area contributed by atoms with E-state index in [1.165, 1.54) is 16.5 Å². The predicted molar refractivity (Wildman–Crippen MR) is 110 cm³/mol. The second-order valence-corrected chi connectivity index (χ2v) is 8.69. The molecule has 0 saturated heterocycles. The van der Waals surface area contributed by atoms with Crippen molar-refractivity contribution < 1.29 is 14.1 Å². The summed E-state index contributed by atoms with van der Waals surface area (Å²) >= 11 is 1.65. The lowest BCUT2D eigenvalue weighted by Crippen LogP contribution is -2.38. The van der Waals surface area contributed by atoms with Crippen LogP contribution in [0.25, 0.3) is 11.3 Å². The molecule has 1 aromatic carbocycles. The summed E-state index contributed by atoms with van der Waals surface area (Å²) in [5.41, 5.74) is 2.33. The molecule has 1 aliphatic carbocycles. The quantitative estimate of drug-likeness (QED) is 0.474. The minimum absolute atomic E-state index is 0.0172. The topological polar surface area (TPSA) is 97.4 Å². The van der Waals surface area contributed by atoms with Crippen LogP contribution in [0.2, 0.25) is 0 Å². The lowest BCUT2D eigenvalue weighted by atomic mass is 9.88. The van der Waals surface area contributed by atoms with E-state index in [0.717, 1.165) is 29.8 Å². The van der Waals surface area contributed by atoms with Crippen molar-refractivity contribution in [1.29, 1.82) is 0 Å². The van der Waals surface area contributed by atoms with Crippen LogP contribution in [0.1, 0.15) is 46.1 Å². The molecule has 2 atom stereocenters. The predicted octanol–water partition coefficient (Wildman–Crippen LogP) is 4.90. The van der Waals surface area contributed by atoms with Crippen molar-refractivity contribution >= 4 is 27.9 Å². The van der Waals surface area contributed by atoms with E-state index in [0.29, 0.717) is 23.0 Å². The van der Waals surface area contributed by atoms with Gasteiger partial charge in [0.15, 0.2) is 6.17 Å². The Labute approximate surface area is 170 Å². The number of furan rings is 1. The molecule has 0 radical (unpaired) electrons. The highest BCUT2D eigenvalue weighted by Crippen LogP contribution is 2.43. The number of hydrogen-bond donors (Lipinski definition) is 2. The third kappa shape index (κ3) is 3.00. The largest absolute Gasteiger partial charge is 0.457 e. The van der Waals surface area contributed by atoms with E-state index in [2.05, 4.69) is 17.6 Å². The van der Waals surface area contributed by atoms with Gasteiger partial charge in [-0.1, -0.05) is 19.1 Å². The van der Waals surface area contributed by atoms with E-state index in [9.17, 15) is 14.9 Å². The second-order valence-electron chi connectivity index (χ2n) is 7.58. The Hall–Kier alpha value is -3.13. The molecule has 2 aromatic heterocycles. The number of carbonyl (C=O) groups is 1. The van der Waals surface area contributed by atoms with Crippen LogP contribution in [0, 0.1) is 16.0 Å². The molecule has 3 aromatic rings. The van der Waals surface area contributed by atoms with Crippen molar-refractivity contribution in [3.05, 3.63) is 68.3 Å². The van der Waals surface area contributed by atoms with Gasteiger partial charge in [0.2, 0.25) is 0 Å². The first-order valence-electron chi connectivity index (χ1n) is 9.56. The van der Waals surface area contributed by atoms with E-state index < -0.39 is 11.1 Å². The van der Waals surface area contributed by atoms with Crippen molar-refractivity contribution in [3.63, 3.8) is 0 Å². The molecule has 0 spiro atoms. The van der Waals surface area contributed by atoms with Gasteiger partial charge in [0, 0.05) is 10.9 Å². The van der Waals surface area contributed by atoms with E-state index in [1.54, 1.807) is 41.7 Å². The summed E-state index contributed by atoms with van der Waals surface area (Å²) in [4.78, 5) is 25.0. The Morgan fingerprint density at radius 1 is 1.21 bits per heavy atom. The second kappa shape index (κ2) is 6.73. The molecule has 1 amide bonds. The number of rotatable bonds is 3. The Morgan fingerprint density at radius 3 is 2.86 bits per heavy atom. The fraction of sp³-hybridized carbons (Fsp3) is 0.286. The maximum Gasteiger partial charge on any atom is 0.280 e. The third-order valence-electron chi connectivity index (χ3n) is 5.57. The first-order valence-corrected chi connectivity index (χ1v) is 10.4. The maximum atomic E-state index is 12.8. The number of carbonyl (C=O) groups excluding carboxylic acids is 1. The van der Waals surface area contributed by atoms with Gasteiger partial charge in [-0.15, -0.1) is 11.3 Å².